The number of benzene rings is 2. The third kappa shape index (κ3) is 6.44. The van der Waals surface area contributed by atoms with Gasteiger partial charge in [0.2, 0.25) is 0 Å². The number of ether oxygens (including phenoxy) is 2. The molecule has 5 nitrogen and oxygen atoms in total. The van der Waals surface area contributed by atoms with E-state index in [9.17, 15) is 9.90 Å². The van der Waals surface area contributed by atoms with E-state index in [1.54, 1.807) is 24.3 Å². The number of hydrogen-bond acceptors (Lipinski definition) is 5. The first-order chi connectivity index (χ1) is 13.6. The largest absolute Gasteiger partial charge is 0.491 e. The molecule has 2 atom stereocenters. The van der Waals surface area contributed by atoms with E-state index in [1.807, 2.05) is 0 Å². The highest BCUT2D eigenvalue weighted by molar-refractivity contribution is 5.75. The van der Waals surface area contributed by atoms with E-state index in [1.165, 1.54) is 11.1 Å². The van der Waals surface area contributed by atoms with E-state index in [0.29, 0.717) is 17.9 Å². The molecular weight excluding hydrogens is 354 g/mol. The summed E-state index contributed by atoms with van der Waals surface area (Å²) in [5.41, 5.74) is 3.02. The lowest BCUT2D eigenvalue weighted by Crippen LogP contribution is -2.39. The first-order valence-electron chi connectivity index (χ1n) is 9.88. The zero-order valence-corrected chi connectivity index (χ0v) is 16.4. The quantitative estimate of drug-likeness (QED) is 0.639. The fourth-order valence-electron chi connectivity index (χ4n) is 3.45. The Bertz CT molecular complexity index is 741. The third-order valence-corrected chi connectivity index (χ3v) is 4.92. The first kappa shape index (κ1) is 20.5. The Morgan fingerprint density at radius 3 is 2.82 bits per heavy atom. The molecule has 0 radical (unpaired) electrons. The highest BCUT2D eigenvalue weighted by Gasteiger charge is 2.21. The molecule has 3 rings (SSSR count). The molecule has 0 amide bonds. The van der Waals surface area contributed by atoms with Gasteiger partial charge in [0.25, 0.3) is 0 Å². The molecule has 1 N–H and O–H groups in total. The molecule has 1 fully saturated rings. The Kier molecular flexibility index (Phi) is 7.60. The molecule has 1 aliphatic rings. The van der Waals surface area contributed by atoms with Crippen LogP contribution in [0.25, 0.3) is 0 Å². The van der Waals surface area contributed by atoms with Gasteiger partial charge < -0.3 is 14.6 Å². The molecule has 28 heavy (non-hydrogen) atoms. The van der Waals surface area contributed by atoms with Crippen LogP contribution in [0.2, 0.25) is 0 Å². The Labute approximate surface area is 166 Å². The zero-order chi connectivity index (χ0) is 19.8. The fourth-order valence-corrected chi connectivity index (χ4v) is 3.45. The summed E-state index contributed by atoms with van der Waals surface area (Å²) in [4.78, 5) is 13.1. The van der Waals surface area contributed by atoms with E-state index in [4.69, 9.17) is 9.47 Å². The van der Waals surface area contributed by atoms with Crippen LogP contribution in [0.15, 0.2) is 48.5 Å². The van der Waals surface area contributed by atoms with Crippen LogP contribution in [0.3, 0.4) is 0 Å². The molecule has 2 aromatic rings. The lowest BCUT2D eigenvalue weighted by Gasteiger charge is -2.27. The molecule has 2 aromatic carbocycles. The van der Waals surface area contributed by atoms with Gasteiger partial charge in [-0.2, -0.15) is 0 Å². The van der Waals surface area contributed by atoms with Crippen LogP contribution in [-0.4, -0.2) is 54.8 Å². The zero-order valence-electron chi connectivity index (χ0n) is 16.4. The predicted octanol–water partition coefficient (Wildman–Crippen LogP) is 3.23. The van der Waals surface area contributed by atoms with Crippen molar-refractivity contribution in [2.24, 2.45) is 0 Å². The Hall–Kier alpha value is -2.21. The SMILES string of the molecule is Cc1ccc(CN(CC(O)COc2cccc(C=O)c2)CC2CCCO2)cc1. The normalized spacial score (nSPS) is 17.6. The van der Waals surface area contributed by atoms with E-state index in [0.717, 1.165) is 38.8 Å². The minimum absolute atomic E-state index is 0.179. The Morgan fingerprint density at radius 1 is 1.29 bits per heavy atom. The number of carbonyl (C=O) groups excluding carboxylic acids is 1. The molecule has 150 valence electrons. The molecule has 0 bridgehead atoms. The molecule has 0 saturated carbocycles. The molecule has 1 aliphatic heterocycles. The maximum absolute atomic E-state index is 10.9. The second kappa shape index (κ2) is 10.4. The van der Waals surface area contributed by atoms with Crippen molar-refractivity contribution >= 4 is 6.29 Å². The van der Waals surface area contributed by atoms with Gasteiger partial charge >= 0.3 is 0 Å². The van der Waals surface area contributed by atoms with Gasteiger partial charge in [-0.3, -0.25) is 9.69 Å². The van der Waals surface area contributed by atoms with Crippen molar-refractivity contribution in [1.82, 2.24) is 4.90 Å². The van der Waals surface area contributed by atoms with Crippen molar-refractivity contribution in [2.75, 3.05) is 26.3 Å². The summed E-state index contributed by atoms with van der Waals surface area (Å²) >= 11 is 0. The number of nitrogens with zero attached hydrogens (tertiary/aromatic N) is 1. The van der Waals surface area contributed by atoms with Crippen molar-refractivity contribution < 1.29 is 19.4 Å². The summed E-state index contributed by atoms with van der Waals surface area (Å²) in [5, 5.41) is 10.5. The van der Waals surface area contributed by atoms with E-state index in [-0.39, 0.29) is 12.7 Å². The van der Waals surface area contributed by atoms with E-state index < -0.39 is 6.10 Å². The number of carbonyl (C=O) groups is 1. The van der Waals surface area contributed by atoms with Gasteiger partial charge in [-0.15, -0.1) is 0 Å². The van der Waals surface area contributed by atoms with Crippen LogP contribution in [0, 0.1) is 6.92 Å². The maximum Gasteiger partial charge on any atom is 0.150 e. The summed E-state index contributed by atoms with van der Waals surface area (Å²) in [7, 11) is 0. The van der Waals surface area contributed by atoms with Crippen molar-refractivity contribution in [3.63, 3.8) is 0 Å². The summed E-state index contributed by atoms with van der Waals surface area (Å²) in [6.45, 7) is 5.14. The number of aldehydes is 1. The number of aliphatic hydroxyl groups is 1. The Balaban J connectivity index is 1.56. The van der Waals surface area contributed by atoms with Crippen LogP contribution in [0.5, 0.6) is 5.75 Å². The highest BCUT2D eigenvalue weighted by atomic mass is 16.5. The summed E-state index contributed by atoms with van der Waals surface area (Å²) in [6, 6.07) is 15.4. The lowest BCUT2D eigenvalue weighted by molar-refractivity contribution is 0.0313. The van der Waals surface area contributed by atoms with Crippen LogP contribution < -0.4 is 4.74 Å². The van der Waals surface area contributed by atoms with Gasteiger partial charge in [-0.1, -0.05) is 42.0 Å². The molecule has 2 unspecified atom stereocenters. The first-order valence-corrected chi connectivity index (χ1v) is 9.88. The average Bonchev–Trinajstić information content (AvgIpc) is 3.21. The minimum Gasteiger partial charge on any atom is -0.491 e. The van der Waals surface area contributed by atoms with E-state index in [2.05, 4.69) is 36.1 Å². The van der Waals surface area contributed by atoms with Gasteiger partial charge in [-0.25, -0.2) is 0 Å². The summed E-state index contributed by atoms with van der Waals surface area (Å²) in [6.07, 6.45) is 2.54. The number of hydrogen-bond donors (Lipinski definition) is 1. The van der Waals surface area contributed by atoms with Crippen molar-refractivity contribution in [2.45, 2.75) is 38.5 Å². The number of rotatable bonds is 10. The van der Waals surface area contributed by atoms with Crippen molar-refractivity contribution in [3.05, 3.63) is 65.2 Å². The number of aliphatic hydroxyl groups excluding tert-OH is 1. The highest BCUT2D eigenvalue weighted by Crippen LogP contribution is 2.17. The molecule has 5 heteroatoms. The van der Waals surface area contributed by atoms with Crippen LogP contribution in [0.4, 0.5) is 0 Å². The second-order valence-electron chi connectivity index (χ2n) is 7.47. The molecule has 1 heterocycles. The summed E-state index contributed by atoms with van der Waals surface area (Å²) in [5.74, 6) is 0.591. The smallest absolute Gasteiger partial charge is 0.150 e. The van der Waals surface area contributed by atoms with Gasteiger partial charge in [0.15, 0.2) is 0 Å². The van der Waals surface area contributed by atoms with Crippen LogP contribution >= 0.6 is 0 Å². The maximum atomic E-state index is 10.9. The van der Waals surface area contributed by atoms with Crippen molar-refractivity contribution in [1.29, 1.82) is 0 Å². The van der Waals surface area contributed by atoms with Crippen molar-refractivity contribution in [3.8, 4) is 5.75 Å². The topological polar surface area (TPSA) is 59.0 Å². The lowest BCUT2D eigenvalue weighted by atomic mass is 10.1. The third-order valence-electron chi connectivity index (χ3n) is 4.92. The molecule has 0 spiro atoms. The fraction of sp³-hybridized carbons (Fsp3) is 0.435. The summed E-state index contributed by atoms with van der Waals surface area (Å²) < 4.78 is 11.5. The molecule has 0 aliphatic carbocycles. The second-order valence-corrected chi connectivity index (χ2v) is 7.47. The van der Waals surface area contributed by atoms with Gasteiger partial charge in [0.1, 0.15) is 24.7 Å². The average molecular weight is 383 g/mol. The molecule has 0 aromatic heterocycles. The molecule has 1 saturated heterocycles. The van der Waals surface area contributed by atoms with Crippen LogP contribution in [-0.2, 0) is 11.3 Å². The minimum atomic E-state index is -0.633. The predicted molar refractivity (Wildman–Crippen MR) is 109 cm³/mol. The van der Waals surface area contributed by atoms with Gasteiger partial charge in [0.05, 0.1) is 6.10 Å². The molecular formula is C23H29NO4. The standard InChI is InChI=1S/C23H29NO4/c1-18-7-9-19(10-8-18)13-24(15-23-6-3-11-27-23)14-21(26)17-28-22-5-2-4-20(12-22)16-25/h2,4-5,7-10,12,16,21,23,26H,3,6,11,13-15,17H2,1H3. The van der Waals surface area contributed by atoms with E-state index >= 15 is 0 Å². The number of aryl methyl sites for hydroxylation is 1. The van der Waals surface area contributed by atoms with Gasteiger partial charge in [0, 0.05) is 31.8 Å². The Morgan fingerprint density at radius 2 is 2.11 bits per heavy atom. The monoisotopic (exact) mass is 383 g/mol. The van der Waals surface area contributed by atoms with Gasteiger partial charge in [-0.05, 0) is 37.5 Å². The van der Waals surface area contributed by atoms with Crippen LogP contribution in [0.1, 0.15) is 34.3 Å².